The van der Waals surface area contributed by atoms with Gasteiger partial charge in [-0.3, -0.25) is 4.90 Å². The van der Waals surface area contributed by atoms with E-state index in [0.717, 1.165) is 5.69 Å². The lowest BCUT2D eigenvalue weighted by Crippen LogP contribution is -2.55. The third-order valence-electron chi connectivity index (χ3n) is 3.38. The van der Waals surface area contributed by atoms with E-state index in [9.17, 15) is 5.11 Å². The molecule has 0 unspecified atom stereocenters. The molecule has 1 aliphatic heterocycles. The van der Waals surface area contributed by atoms with Crippen molar-refractivity contribution in [1.82, 2.24) is 14.5 Å². The highest BCUT2D eigenvalue weighted by Gasteiger charge is 2.35. The first-order valence-electron chi connectivity index (χ1n) is 6.07. The molecular formula is C12H21N3O3. The maximum atomic E-state index is 10.2. The Balaban J connectivity index is 1.97. The molecule has 0 aromatic carbocycles. The van der Waals surface area contributed by atoms with Crippen molar-refractivity contribution < 1.29 is 14.6 Å². The molecular weight excluding hydrogens is 234 g/mol. The molecule has 2 rings (SSSR count). The number of methoxy groups -OCH3 is 1. The molecule has 0 amide bonds. The number of hydrogen-bond donors (Lipinski definition) is 1. The lowest BCUT2D eigenvalue weighted by molar-refractivity contribution is -0.142. The Morgan fingerprint density at radius 2 is 2.39 bits per heavy atom. The summed E-state index contributed by atoms with van der Waals surface area (Å²) in [7, 11) is 5.50. The average Bonchev–Trinajstić information content (AvgIpc) is 2.75. The second-order valence-corrected chi connectivity index (χ2v) is 4.82. The van der Waals surface area contributed by atoms with Crippen LogP contribution in [0.1, 0.15) is 5.69 Å². The van der Waals surface area contributed by atoms with Crippen molar-refractivity contribution >= 4 is 0 Å². The predicted octanol–water partition coefficient (Wildman–Crippen LogP) is -0.373. The SMILES string of the molecule is CO[C@@H]1COC[C@@H](N(C)Cc2cn(C)cn2)[C@@H]1O. The predicted molar refractivity (Wildman–Crippen MR) is 66.1 cm³/mol. The highest BCUT2D eigenvalue weighted by Crippen LogP contribution is 2.17. The molecule has 1 N–H and O–H groups in total. The summed E-state index contributed by atoms with van der Waals surface area (Å²) in [6, 6.07) is -0.0642. The minimum absolute atomic E-state index is 0.0642. The van der Waals surface area contributed by atoms with Crippen LogP contribution in [0.15, 0.2) is 12.5 Å². The van der Waals surface area contributed by atoms with Gasteiger partial charge in [-0.15, -0.1) is 0 Å². The average molecular weight is 255 g/mol. The van der Waals surface area contributed by atoms with Gasteiger partial charge in [-0.1, -0.05) is 0 Å². The standard InChI is InChI=1S/C12H21N3O3/c1-14-4-9(13-8-14)5-15(2)10-6-18-7-11(17-3)12(10)16/h4,8,10-12,16H,5-7H2,1-3H3/t10-,11-,12+/m1/s1. The molecule has 102 valence electrons. The van der Waals surface area contributed by atoms with Crippen LogP contribution in [0.4, 0.5) is 0 Å². The number of hydrogen-bond acceptors (Lipinski definition) is 5. The summed E-state index contributed by atoms with van der Waals surface area (Å²) in [6.07, 6.45) is 2.96. The second kappa shape index (κ2) is 5.79. The summed E-state index contributed by atoms with van der Waals surface area (Å²) in [4.78, 5) is 6.34. The fourth-order valence-corrected chi connectivity index (χ4v) is 2.27. The van der Waals surface area contributed by atoms with Crippen LogP contribution in [0.5, 0.6) is 0 Å². The van der Waals surface area contributed by atoms with E-state index >= 15 is 0 Å². The molecule has 0 aliphatic carbocycles. The van der Waals surface area contributed by atoms with E-state index in [1.165, 1.54) is 0 Å². The number of nitrogens with zero attached hydrogens (tertiary/aromatic N) is 3. The Kier molecular flexibility index (Phi) is 4.34. The van der Waals surface area contributed by atoms with Crippen LogP contribution in [0.2, 0.25) is 0 Å². The first-order chi connectivity index (χ1) is 8.61. The van der Waals surface area contributed by atoms with E-state index in [1.807, 2.05) is 24.9 Å². The summed E-state index contributed by atoms with van der Waals surface area (Å²) in [5.74, 6) is 0. The van der Waals surface area contributed by atoms with Gasteiger partial charge in [-0.25, -0.2) is 4.98 Å². The van der Waals surface area contributed by atoms with Crippen molar-refractivity contribution in [2.24, 2.45) is 7.05 Å². The zero-order valence-electron chi connectivity index (χ0n) is 11.1. The van der Waals surface area contributed by atoms with E-state index in [0.29, 0.717) is 19.8 Å². The van der Waals surface area contributed by atoms with Crippen molar-refractivity contribution in [1.29, 1.82) is 0 Å². The highest BCUT2D eigenvalue weighted by molar-refractivity contribution is 4.97. The lowest BCUT2D eigenvalue weighted by atomic mass is 10.0. The number of ether oxygens (including phenoxy) is 2. The Hall–Kier alpha value is -0.950. The first kappa shape index (κ1) is 13.5. The second-order valence-electron chi connectivity index (χ2n) is 4.82. The Bertz CT molecular complexity index is 382. The van der Waals surface area contributed by atoms with Crippen LogP contribution in [-0.2, 0) is 23.1 Å². The van der Waals surface area contributed by atoms with Gasteiger partial charge in [0.05, 0.1) is 31.3 Å². The largest absolute Gasteiger partial charge is 0.389 e. The van der Waals surface area contributed by atoms with Crippen LogP contribution in [0.25, 0.3) is 0 Å². The summed E-state index contributed by atoms with van der Waals surface area (Å²) in [6.45, 7) is 1.65. The van der Waals surface area contributed by atoms with Crippen molar-refractivity contribution in [3.63, 3.8) is 0 Å². The monoisotopic (exact) mass is 255 g/mol. The zero-order chi connectivity index (χ0) is 13.1. The smallest absolute Gasteiger partial charge is 0.108 e. The number of rotatable bonds is 4. The van der Waals surface area contributed by atoms with E-state index in [-0.39, 0.29) is 12.1 Å². The molecule has 6 heteroatoms. The zero-order valence-corrected chi connectivity index (χ0v) is 11.1. The number of aliphatic hydroxyl groups excluding tert-OH is 1. The van der Waals surface area contributed by atoms with Crippen molar-refractivity contribution in [3.8, 4) is 0 Å². The summed E-state index contributed by atoms with van der Waals surface area (Å²) in [5.41, 5.74) is 0.978. The van der Waals surface area contributed by atoms with Crippen LogP contribution in [-0.4, -0.2) is 65.2 Å². The molecule has 1 saturated heterocycles. The Labute approximate surface area is 107 Å². The number of imidazole rings is 1. The molecule has 3 atom stereocenters. The molecule has 1 fully saturated rings. The van der Waals surface area contributed by atoms with Gasteiger partial charge in [0.1, 0.15) is 12.2 Å². The van der Waals surface area contributed by atoms with Gasteiger partial charge >= 0.3 is 0 Å². The number of aryl methyl sites for hydroxylation is 1. The number of likely N-dealkylation sites (N-methyl/N-ethyl adjacent to an activating group) is 1. The van der Waals surface area contributed by atoms with Gasteiger partial charge in [-0.05, 0) is 7.05 Å². The van der Waals surface area contributed by atoms with Gasteiger partial charge in [0, 0.05) is 26.9 Å². The molecule has 18 heavy (non-hydrogen) atoms. The van der Waals surface area contributed by atoms with E-state index < -0.39 is 6.10 Å². The van der Waals surface area contributed by atoms with Crippen molar-refractivity contribution in [2.45, 2.75) is 24.8 Å². The minimum atomic E-state index is -0.530. The lowest BCUT2D eigenvalue weighted by Gasteiger charge is -2.38. The van der Waals surface area contributed by atoms with Gasteiger partial charge in [0.15, 0.2) is 0 Å². The molecule has 0 bridgehead atoms. The number of aromatic nitrogens is 2. The topological polar surface area (TPSA) is 59.8 Å². The molecule has 1 aromatic heterocycles. The molecule has 6 nitrogen and oxygen atoms in total. The normalized spacial score (nSPS) is 28.8. The van der Waals surface area contributed by atoms with Crippen molar-refractivity contribution in [2.75, 3.05) is 27.4 Å². The highest BCUT2D eigenvalue weighted by atomic mass is 16.5. The van der Waals surface area contributed by atoms with Gasteiger partial charge < -0.3 is 19.1 Å². The summed E-state index contributed by atoms with van der Waals surface area (Å²) in [5, 5.41) is 10.2. The molecule has 0 spiro atoms. The van der Waals surface area contributed by atoms with E-state index in [2.05, 4.69) is 9.88 Å². The van der Waals surface area contributed by atoms with Gasteiger partial charge in [-0.2, -0.15) is 0 Å². The maximum Gasteiger partial charge on any atom is 0.108 e. The van der Waals surface area contributed by atoms with Gasteiger partial charge in [0.2, 0.25) is 0 Å². The Morgan fingerprint density at radius 3 is 3.00 bits per heavy atom. The summed E-state index contributed by atoms with van der Waals surface area (Å²) >= 11 is 0. The van der Waals surface area contributed by atoms with E-state index in [4.69, 9.17) is 9.47 Å². The van der Waals surface area contributed by atoms with Crippen LogP contribution < -0.4 is 0 Å². The maximum absolute atomic E-state index is 10.2. The van der Waals surface area contributed by atoms with Crippen LogP contribution in [0, 0.1) is 0 Å². The van der Waals surface area contributed by atoms with Crippen LogP contribution >= 0.6 is 0 Å². The van der Waals surface area contributed by atoms with Crippen molar-refractivity contribution in [3.05, 3.63) is 18.2 Å². The third-order valence-corrected chi connectivity index (χ3v) is 3.38. The minimum Gasteiger partial charge on any atom is -0.389 e. The number of aliphatic hydroxyl groups is 1. The molecule has 0 saturated carbocycles. The fraction of sp³-hybridized carbons (Fsp3) is 0.750. The molecule has 1 aromatic rings. The molecule has 1 aliphatic rings. The van der Waals surface area contributed by atoms with E-state index in [1.54, 1.807) is 13.4 Å². The quantitative estimate of drug-likeness (QED) is 0.795. The third kappa shape index (κ3) is 2.89. The summed E-state index contributed by atoms with van der Waals surface area (Å²) < 4.78 is 12.6. The first-order valence-corrected chi connectivity index (χ1v) is 6.07. The van der Waals surface area contributed by atoms with Crippen LogP contribution in [0.3, 0.4) is 0 Å². The van der Waals surface area contributed by atoms with Gasteiger partial charge in [0.25, 0.3) is 0 Å². The fourth-order valence-electron chi connectivity index (χ4n) is 2.27. The Morgan fingerprint density at radius 1 is 1.61 bits per heavy atom. The molecule has 2 heterocycles. The molecule has 0 radical (unpaired) electrons.